The second-order valence-electron chi connectivity index (χ2n) is 7.66. The van der Waals surface area contributed by atoms with E-state index in [0.29, 0.717) is 18.9 Å². The number of carbonyl (C=O) groups is 1. The normalized spacial score (nSPS) is 17.2. The van der Waals surface area contributed by atoms with Gasteiger partial charge < -0.3 is 9.80 Å². The first-order chi connectivity index (χ1) is 13.9. The number of rotatable bonds is 7. The largest absolute Gasteiger partial charge is 0.344 e. The molecular formula is C21H27FN4O3. The van der Waals surface area contributed by atoms with E-state index in [1.165, 1.54) is 22.9 Å². The van der Waals surface area contributed by atoms with Crippen LogP contribution in [0.25, 0.3) is 0 Å². The van der Waals surface area contributed by atoms with Crippen LogP contribution in [0, 0.1) is 11.7 Å². The molecule has 2 aromatic rings. The molecule has 1 fully saturated rings. The zero-order valence-corrected chi connectivity index (χ0v) is 16.6. The summed E-state index contributed by atoms with van der Waals surface area (Å²) in [5, 5.41) is 0. The third-order valence-corrected chi connectivity index (χ3v) is 5.42. The Morgan fingerprint density at radius 3 is 2.83 bits per heavy atom. The van der Waals surface area contributed by atoms with Gasteiger partial charge in [-0.2, -0.15) is 0 Å². The predicted molar refractivity (Wildman–Crippen MR) is 108 cm³/mol. The van der Waals surface area contributed by atoms with Crippen LogP contribution < -0.4 is 11.2 Å². The Morgan fingerprint density at radius 2 is 2.07 bits per heavy atom. The zero-order chi connectivity index (χ0) is 20.8. The van der Waals surface area contributed by atoms with E-state index in [4.69, 9.17) is 0 Å². The lowest BCUT2D eigenvalue weighted by Crippen LogP contribution is -2.43. The number of amides is 1. The number of likely N-dealkylation sites (N-methyl/N-ethyl adjacent to an activating group) is 1. The number of carbonyl (C=O) groups excluding carboxylic acids is 1. The van der Waals surface area contributed by atoms with Crippen molar-refractivity contribution in [3.63, 3.8) is 0 Å². The van der Waals surface area contributed by atoms with Crippen molar-refractivity contribution in [2.45, 2.75) is 25.8 Å². The summed E-state index contributed by atoms with van der Waals surface area (Å²) in [5.74, 6) is -0.00265. The number of aromatic nitrogens is 2. The van der Waals surface area contributed by atoms with Crippen molar-refractivity contribution >= 4 is 5.91 Å². The van der Waals surface area contributed by atoms with Gasteiger partial charge in [-0.1, -0.05) is 18.2 Å². The van der Waals surface area contributed by atoms with Crippen LogP contribution in [0.4, 0.5) is 4.39 Å². The van der Waals surface area contributed by atoms with E-state index in [1.807, 2.05) is 12.1 Å². The van der Waals surface area contributed by atoms with Crippen LogP contribution in [0.2, 0.25) is 0 Å². The summed E-state index contributed by atoms with van der Waals surface area (Å²) in [6, 6.07) is 8.09. The first kappa shape index (κ1) is 21.0. The van der Waals surface area contributed by atoms with E-state index >= 15 is 0 Å². The molecule has 156 valence electrons. The summed E-state index contributed by atoms with van der Waals surface area (Å²) in [6.07, 6.45) is 4.08. The molecule has 8 heteroatoms. The van der Waals surface area contributed by atoms with E-state index in [2.05, 4.69) is 9.88 Å². The van der Waals surface area contributed by atoms with E-state index in [-0.39, 0.29) is 18.3 Å². The number of benzene rings is 1. The lowest BCUT2D eigenvalue weighted by molar-refractivity contribution is -0.131. The average molecular weight is 402 g/mol. The minimum absolute atomic E-state index is 0.101. The van der Waals surface area contributed by atoms with Crippen LogP contribution in [0.15, 0.2) is 46.1 Å². The third-order valence-electron chi connectivity index (χ3n) is 5.42. The lowest BCUT2D eigenvalue weighted by atomic mass is 9.97. The van der Waals surface area contributed by atoms with Gasteiger partial charge in [-0.3, -0.25) is 19.1 Å². The minimum atomic E-state index is -0.587. The Bertz CT molecular complexity index is 955. The highest BCUT2D eigenvalue weighted by molar-refractivity contribution is 5.75. The molecule has 29 heavy (non-hydrogen) atoms. The molecule has 1 aliphatic rings. The summed E-state index contributed by atoms with van der Waals surface area (Å²) in [5.41, 5.74) is -0.339. The van der Waals surface area contributed by atoms with Gasteiger partial charge in [0.05, 0.1) is 0 Å². The summed E-state index contributed by atoms with van der Waals surface area (Å²) < 4.78 is 15.0. The molecular weight excluding hydrogens is 375 g/mol. The van der Waals surface area contributed by atoms with E-state index in [1.54, 1.807) is 18.0 Å². The summed E-state index contributed by atoms with van der Waals surface area (Å²) in [6.45, 7) is 3.14. The highest BCUT2D eigenvalue weighted by atomic mass is 19.1. The van der Waals surface area contributed by atoms with Crippen molar-refractivity contribution in [2.75, 3.05) is 33.2 Å². The number of halogens is 1. The van der Waals surface area contributed by atoms with Crippen molar-refractivity contribution in [1.29, 1.82) is 0 Å². The molecule has 1 atom stereocenters. The Morgan fingerprint density at radius 1 is 1.28 bits per heavy atom. The Labute approximate surface area is 168 Å². The summed E-state index contributed by atoms with van der Waals surface area (Å²) >= 11 is 0. The second-order valence-corrected chi connectivity index (χ2v) is 7.66. The molecule has 0 unspecified atom stereocenters. The molecule has 1 amide bonds. The van der Waals surface area contributed by atoms with Gasteiger partial charge in [0.2, 0.25) is 5.91 Å². The quantitative estimate of drug-likeness (QED) is 0.752. The summed E-state index contributed by atoms with van der Waals surface area (Å²) in [7, 11) is 1.73. The van der Waals surface area contributed by atoms with Crippen LogP contribution in [-0.4, -0.2) is 58.5 Å². The fourth-order valence-electron chi connectivity index (χ4n) is 3.81. The number of nitrogens with one attached hydrogen (secondary N) is 1. The molecule has 1 aromatic heterocycles. The first-order valence-corrected chi connectivity index (χ1v) is 9.92. The van der Waals surface area contributed by atoms with Crippen molar-refractivity contribution in [1.82, 2.24) is 19.4 Å². The Balaban J connectivity index is 1.50. The fourth-order valence-corrected chi connectivity index (χ4v) is 3.81. The van der Waals surface area contributed by atoms with E-state index in [0.717, 1.165) is 38.0 Å². The molecule has 0 spiro atoms. The highest BCUT2D eigenvalue weighted by Crippen LogP contribution is 2.18. The molecule has 1 aromatic carbocycles. The second kappa shape index (κ2) is 9.65. The molecule has 0 bridgehead atoms. The monoisotopic (exact) mass is 402 g/mol. The van der Waals surface area contributed by atoms with Crippen LogP contribution in [0.1, 0.15) is 18.4 Å². The Hall–Kier alpha value is -2.74. The maximum atomic E-state index is 13.8. The fraction of sp³-hybridized carbons (Fsp3) is 0.476. The zero-order valence-electron chi connectivity index (χ0n) is 16.6. The molecule has 2 heterocycles. The topological polar surface area (TPSA) is 78.4 Å². The number of H-pyrrole nitrogens is 1. The van der Waals surface area contributed by atoms with E-state index < -0.39 is 11.2 Å². The predicted octanol–water partition coefficient (Wildman–Crippen LogP) is 1.09. The number of hydrogen-bond donors (Lipinski definition) is 1. The maximum Gasteiger partial charge on any atom is 0.328 e. The molecule has 0 aliphatic carbocycles. The van der Waals surface area contributed by atoms with Gasteiger partial charge in [0.15, 0.2) is 0 Å². The van der Waals surface area contributed by atoms with E-state index in [9.17, 15) is 18.8 Å². The molecule has 0 saturated carbocycles. The van der Waals surface area contributed by atoms with Crippen molar-refractivity contribution in [2.24, 2.45) is 5.92 Å². The molecule has 3 rings (SSSR count). The van der Waals surface area contributed by atoms with Gasteiger partial charge in [-0.15, -0.1) is 0 Å². The van der Waals surface area contributed by atoms with Crippen molar-refractivity contribution in [3.8, 4) is 0 Å². The Kier molecular flexibility index (Phi) is 6.98. The molecule has 0 radical (unpaired) electrons. The van der Waals surface area contributed by atoms with Crippen LogP contribution in [-0.2, 0) is 17.8 Å². The van der Waals surface area contributed by atoms with Crippen LogP contribution in [0.3, 0.4) is 0 Å². The smallest absolute Gasteiger partial charge is 0.328 e. The van der Waals surface area contributed by atoms with Crippen LogP contribution in [0.5, 0.6) is 0 Å². The van der Waals surface area contributed by atoms with Gasteiger partial charge in [0.25, 0.3) is 5.56 Å². The number of aromatic amines is 1. The van der Waals surface area contributed by atoms with Gasteiger partial charge in [0.1, 0.15) is 12.4 Å². The SMILES string of the molecule is CN(C[C@@H]1CCCN(CCc2ccccc2F)C1)C(=O)Cn1ccc(=O)[nH]c1=O. The van der Waals surface area contributed by atoms with Crippen LogP contribution >= 0.6 is 0 Å². The lowest BCUT2D eigenvalue weighted by Gasteiger charge is -2.34. The minimum Gasteiger partial charge on any atom is -0.344 e. The number of piperidine rings is 1. The molecule has 1 aliphatic heterocycles. The van der Waals surface area contributed by atoms with Gasteiger partial charge in [-0.05, 0) is 43.4 Å². The number of likely N-dealkylation sites (tertiary alicyclic amines) is 1. The van der Waals surface area contributed by atoms with Crippen molar-refractivity contribution < 1.29 is 9.18 Å². The third kappa shape index (κ3) is 5.87. The first-order valence-electron chi connectivity index (χ1n) is 9.92. The highest BCUT2D eigenvalue weighted by Gasteiger charge is 2.23. The maximum absolute atomic E-state index is 13.8. The molecule has 1 N–H and O–H groups in total. The average Bonchev–Trinajstić information content (AvgIpc) is 2.69. The molecule has 1 saturated heterocycles. The summed E-state index contributed by atoms with van der Waals surface area (Å²) in [4.78, 5) is 41.5. The van der Waals surface area contributed by atoms with Gasteiger partial charge in [-0.25, -0.2) is 9.18 Å². The number of nitrogens with zero attached hydrogens (tertiary/aromatic N) is 3. The molecule has 7 nitrogen and oxygen atoms in total. The number of hydrogen-bond acceptors (Lipinski definition) is 4. The standard InChI is InChI=1S/C21H27FN4O3/c1-24(20(28)15-26-12-9-19(27)23-21(26)29)13-16-5-4-10-25(14-16)11-8-17-6-2-3-7-18(17)22/h2-3,6-7,9,12,16H,4-5,8,10-11,13-15H2,1H3,(H,23,27,29)/t16-/m0/s1. The van der Waals surface area contributed by atoms with Gasteiger partial charge >= 0.3 is 5.69 Å². The van der Waals surface area contributed by atoms with Crippen molar-refractivity contribution in [3.05, 3.63) is 68.7 Å². The van der Waals surface area contributed by atoms with Gasteiger partial charge in [0, 0.05) is 38.9 Å².